The van der Waals surface area contributed by atoms with Crippen LogP contribution >= 0.6 is 0 Å². The zero-order valence-electron chi connectivity index (χ0n) is 17.0. The highest BCUT2D eigenvalue weighted by Gasteiger charge is 2.31. The quantitative estimate of drug-likeness (QED) is 0.484. The summed E-state index contributed by atoms with van der Waals surface area (Å²) in [7, 11) is -2.74. The highest BCUT2D eigenvalue weighted by atomic mass is 32.2. The molecular weight excluding hydrogens is 450 g/mol. The normalized spacial score (nSPS) is 15.3. The summed E-state index contributed by atoms with van der Waals surface area (Å²) in [5.74, 6) is -2.20. The molecule has 32 heavy (non-hydrogen) atoms. The third kappa shape index (κ3) is 5.36. The number of nitrogens with zero attached hydrogens (tertiary/aromatic N) is 3. The van der Waals surface area contributed by atoms with E-state index in [1.807, 2.05) is 0 Å². The summed E-state index contributed by atoms with van der Waals surface area (Å²) in [4.78, 5) is 24.1. The van der Waals surface area contributed by atoms with Crippen LogP contribution in [0.25, 0.3) is 0 Å². The smallest absolute Gasteiger partial charge is 0.312 e. The van der Waals surface area contributed by atoms with Crippen LogP contribution in [0.5, 0.6) is 5.75 Å². The lowest BCUT2D eigenvalue weighted by atomic mass is 10.3. The van der Waals surface area contributed by atoms with E-state index in [1.54, 1.807) is 4.90 Å². The number of hydrogen-bond donors (Lipinski definition) is 1. The number of anilines is 1. The highest BCUT2D eigenvalue weighted by Crippen LogP contribution is 2.30. The number of methoxy groups -OCH3 is 1. The maximum Gasteiger partial charge on any atom is 0.312 e. The number of piperazine rings is 1. The van der Waals surface area contributed by atoms with Crippen LogP contribution in [0, 0.1) is 21.7 Å². The molecule has 1 N–H and O–H groups in total. The van der Waals surface area contributed by atoms with E-state index in [0.29, 0.717) is 6.07 Å². The van der Waals surface area contributed by atoms with Gasteiger partial charge in [0.1, 0.15) is 11.6 Å². The highest BCUT2D eigenvalue weighted by molar-refractivity contribution is 7.89. The standard InChI is InChI=1S/C19H20F2N4O6S/c1-31-18-3-2-16(11-17(18)25(27)28)32(29,30)24-6-4-23(5-7-24)12-19(26)22-15-9-13(20)8-14(21)10-15/h2-3,8-11H,4-7,12H2,1H3,(H,22,26). The van der Waals surface area contributed by atoms with Crippen molar-refractivity contribution in [3.8, 4) is 5.75 Å². The van der Waals surface area contributed by atoms with Gasteiger partial charge in [0, 0.05) is 44.0 Å². The van der Waals surface area contributed by atoms with Crippen molar-refractivity contribution in [1.82, 2.24) is 9.21 Å². The summed E-state index contributed by atoms with van der Waals surface area (Å²) >= 11 is 0. The Kier molecular flexibility index (Phi) is 7.01. The Morgan fingerprint density at radius 2 is 1.75 bits per heavy atom. The second-order valence-electron chi connectivity index (χ2n) is 6.98. The molecule has 172 valence electrons. The molecular formula is C19H20F2N4O6S. The summed E-state index contributed by atoms with van der Waals surface area (Å²) in [6, 6.07) is 6.07. The first-order valence-electron chi connectivity index (χ1n) is 9.41. The first-order chi connectivity index (χ1) is 15.1. The van der Waals surface area contributed by atoms with Crippen molar-refractivity contribution in [2.24, 2.45) is 0 Å². The molecule has 0 saturated carbocycles. The second-order valence-corrected chi connectivity index (χ2v) is 8.92. The van der Waals surface area contributed by atoms with Crippen molar-refractivity contribution in [2.45, 2.75) is 4.90 Å². The van der Waals surface area contributed by atoms with Crippen molar-refractivity contribution in [2.75, 3.05) is 45.2 Å². The zero-order valence-corrected chi connectivity index (χ0v) is 17.8. The Hall–Kier alpha value is -3.16. The number of carbonyl (C=O) groups is 1. The van der Waals surface area contributed by atoms with Gasteiger partial charge in [0.25, 0.3) is 0 Å². The van der Waals surface area contributed by atoms with E-state index < -0.39 is 38.2 Å². The molecule has 1 heterocycles. The van der Waals surface area contributed by atoms with E-state index in [-0.39, 0.29) is 49.1 Å². The minimum absolute atomic E-state index is 0.0187. The Morgan fingerprint density at radius 1 is 1.12 bits per heavy atom. The summed E-state index contributed by atoms with van der Waals surface area (Å²) in [6.07, 6.45) is 0. The lowest BCUT2D eigenvalue weighted by Gasteiger charge is -2.33. The molecule has 13 heteroatoms. The zero-order chi connectivity index (χ0) is 23.5. The van der Waals surface area contributed by atoms with E-state index in [2.05, 4.69) is 5.32 Å². The predicted octanol–water partition coefficient (Wildman–Crippen LogP) is 1.83. The number of nitro benzene ring substituents is 1. The van der Waals surface area contributed by atoms with Crippen molar-refractivity contribution in [3.63, 3.8) is 0 Å². The fourth-order valence-electron chi connectivity index (χ4n) is 3.28. The van der Waals surface area contributed by atoms with Crippen LogP contribution in [0.4, 0.5) is 20.2 Å². The molecule has 0 unspecified atom stereocenters. The number of sulfonamides is 1. The minimum Gasteiger partial charge on any atom is -0.490 e. The number of amides is 1. The lowest BCUT2D eigenvalue weighted by molar-refractivity contribution is -0.386. The summed E-state index contributed by atoms with van der Waals surface area (Å²) in [6.45, 7) is 0.471. The van der Waals surface area contributed by atoms with E-state index in [4.69, 9.17) is 4.74 Å². The van der Waals surface area contributed by atoms with E-state index in [1.165, 1.54) is 23.5 Å². The second kappa shape index (κ2) is 9.54. The molecule has 1 amide bonds. The molecule has 0 atom stereocenters. The van der Waals surface area contributed by atoms with Crippen molar-refractivity contribution >= 4 is 27.3 Å². The minimum atomic E-state index is -3.99. The monoisotopic (exact) mass is 470 g/mol. The summed E-state index contributed by atoms with van der Waals surface area (Å²) in [5, 5.41) is 13.6. The summed E-state index contributed by atoms with van der Waals surface area (Å²) in [5.41, 5.74) is -0.479. The number of hydrogen-bond acceptors (Lipinski definition) is 7. The number of carbonyl (C=O) groups excluding carboxylic acids is 1. The molecule has 10 nitrogen and oxygen atoms in total. The Bertz CT molecular complexity index is 1120. The SMILES string of the molecule is COc1ccc(S(=O)(=O)N2CCN(CC(=O)Nc3cc(F)cc(F)c3)CC2)cc1[N+](=O)[O-]. The van der Waals surface area contributed by atoms with Crippen molar-refractivity contribution in [3.05, 3.63) is 58.1 Å². The van der Waals surface area contributed by atoms with Crippen LogP contribution in [0.3, 0.4) is 0 Å². The average molecular weight is 470 g/mol. The van der Waals surface area contributed by atoms with Gasteiger partial charge in [0.05, 0.1) is 23.5 Å². The Balaban J connectivity index is 1.61. The molecule has 1 aliphatic rings. The topological polar surface area (TPSA) is 122 Å². The maximum atomic E-state index is 13.2. The third-order valence-corrected chi connectivity index (χ3v) is 6.72. The lowest BCUT2D eigenvalue weighted by Crippen LogP contribution is -2.50. The molecule has 1 saturated heterocycles. The molecule has 0 bridgehead atoms. The fraction of sp³-hybridized carbons (Fsp3) is 0.316. The largest absolute Gasteiger partial charge is 0.490 e. The molecule has 0 spiro atoms. The average Bonchev–Trinajstić information content (AvgIpc) is 2.72. The molecule has 2 aromatic rings. The summed E-state index contributed by atoms with van der Waals surface area (Å²) < 4.78 is 58.3. The first-order valence-corrected chi connectivity index (χ1v) is 10.8. The third-order valence-electron chi connectivity index (χ3n) is 4.83. The van der Waals surface area contributed by atoms with Gasteiger partial charge in [0.15, 0.2) is 5.75 Å². The van der Waals surface area contributed by atoms with Gasteiger partial charge in [-0.25, -0.2) is 17.2 Å². The van der Waals surface area contributed by atoms with E-state index in [0.717, 1.165) is 18.2 Å². The first kappa shape index (κ1) is 23.5. The van der Waals surface area contributed by atoms with Crippen LogP contribution in [0.2, 0.25) is 0 Å². The molecule has 2 aromatic carbocycles. The Morgan fingerprint density at radius 3 is 2.31 bits per heavy atom. The number of ether oxygens (including phenoxy) is 1. The van der Waals surface area contributed by atoms with Gasteiger partial charge in [0.2, 0.25) is 15.9 Å². The molecule has 0 aromatic heterocycles. The van der Waals surface area contributed by atoms with E-state index in [9.17, 15) is 32.1 Å². The predicted molar refractivity (Wildman–Crippen MR) is 110 cm³/mol. The van der Waals surface area contributed by atoms with Gasteiger partial charge in [-0.3, -0.25) is 19.8 Å². The number of benzene rings is 2. The van der Waals surface area contributed by atoms with Gasteiger partial charge in [-0.15, -0.1) is 0 Å². The van der Waals surface area contributed by atoms with Gasteiger partial charge in [-0.05, 0) is 24.3 Å². The van der Waals surface area contributed by atoms with E-state index >= 15 is 0 Å². The number of nitro groups is 1. The number of rotatable bonds is 7. The van der Waals surface area contributed by atoms with Crippen LogP contribution in [-0.2, 0) is 14.8 Å². The molecule has 0 aliphatic carbocycles. The fourth-order valence-corrected chi connectivity index (χ4v) is 4.72. The molecule has 1 fully saturated rings. The molecule has 1 aliphatic heterocycles. The van der Waals surface area contributed by atoms with Crippen molar-refractivity contribution in [1.29, 1.82) is 0 Å². The Labute approximate surface area is 182 Å². The maximum absolute atomic E-state index is 13.2. The molecule has 3 rings (SSSR count). The number of nitrogens with one attached hydrogen (secondary N) is 1. The van der Waals surface area contributed by atoms with Gasteiger partial charge in [-0.2, -0.15) is 4.31 Å². The van der Waals surface area contributed by atoms with Gasteiger partial charge < -0.3 is 10.1 Å². The van der Waals surface area contributed by atoms with Crippen LogP contribution in [0.15, 0.2) is 41.3 Å². The van der Waals surface area contributed by atoms with Gasteiger partial charge >= 0.3 is 5.69 Å². The number of halogens is 2. The van der Waals surface area contributed by atoms with Crippen LogP contribution < -0.4 is 10.1 Å². The molecule has 0 radical (unpaired) electrons. The van der Waals surface area contributed by atoms with Crippen molar-refractivity contribution < 1.29 is 31.7 Å². The van der Waals surface area contributed by atoms with Crippen LogP contribution in [0.1, 0.15) is 0 Å². The van der Waals surface area contributed by atoms with Crippen LogP contribution in [-0.4, -0.2) is 68.3 Å². The van der Waals surface area contributed by atoms with Gasteiger partial charge in [-0.1, -0.05) is 0 Å².